The van der Waals surface area contributed by atoms with Crippen molar-refractivity contribution in [3.05, 3.63) is 52.9 Å². The number of carbonyl (C=O) groups is 3. The molecule has 13 nitrogen and oxygen atoms in total. The average Bonchev–Trinajstić information content (AvgIpc) is 3.97. The van der Waals surface area contributed by atoms with E-state index in [4.69, 9.17) is 24.9 Å². The highest BCUT2D eigenvalue weighted by molar-refractivity contribution is 8.14. The van der Waals surface area contributed by atoms with Crippen molar-refractivity contribution in [3.63, 3.8) is 0 Å². The molecule has 0 radical (unpaired) electrons. The smallest absolute Gasteiger partial charge is 0.269 e. The summed E-state index contributed by atoms with van der Waals surface area (Å²) in [6, 6.07) is 5.52. The number of aryl methyl sites for hydroxylation is 1. The minimum atomic E-state index is -0.714. The number of thioether (sulfide) groups is 1. The summed E-state index contributed by atoms with van der Waals surface area (Å²) >= 11 is 1.60. The Balaban J connectivity index is 1.42. The maximum Gasteiger partial charge on any atom is 0.269 e. The minimum Gasteiger partial charge on any atom is -0.382 e. The van der Waals surface area contributed by atoms with Crippen LogP contribution in [-0.2, 0) is 42.1 Å². The van der Waals surface area contributed by atoms with Gasteiger partial charge in [0.1, 0.15) is 18.5 Å². The number of hydrogen-bond donors (Lipinski definition) is 2. The second-order valence-electron chi connectivity index (χ2n) is 17.5. The first-order chi connectivity index (χ1) is 28.2. The highest BCUT2D eigenvalue weighted by Gasteiger charge is 2.37. The molecular formula is C45H65N7O6S. The van der Waals surface area contributed by atoms with Crippen molar-refractivity contribution in [2.24, 2.45) is 34.1 Å². The Hall–Kier alpha value is -3.82. The molecule has 1 aromatic heterocycles. The first-order valence-electron chi connectivity index (χ1n) is 21.2. The Morgan fingerprint density at radius 3 is 2.64 bits per heavy atom. The van der Waals surface area contributed by atoms with E-state index in [1.54, 1.807) is 37.9 Å². The molecule has 3 aliphatic heterocycles. The molecule has 1 fully saturated rings. The molecule has 322 valence electrons. The number of allylic oxidation sites excluding steroid dienone is 2. The van der Waals surface area contributed by atoms with Crippen LogP contribution in [0.1, 0.15) is 95.5 Å². The zero-order chi connectivity index (χ0) is 42.4. The van der Waals surface area contributed by atoms with E-state index in [-0.39, 0.29) is 60.3 Å². The number of dihydropyridines is 1. The highest BCUT2D eigenvalue weighted by Crippen LogP contribution is 2.41. The van der Waals surface area contributed by atoms with Gasteiger partial charge in [-0.25, -0.2) is 4.99 Å². The van der Waals surface area contributed by atoms with E-state index in [0.29, 0.717) is 38.4 Å². The van der Waals surface area contributed by atoms with Gasteiger partial charge in [0.25, 0.3) is 11.8 Å². The van der Waals surface area contributed by atoms with Crippen LogP contribution < -0.4 is 11.1 Å². The minimum absolute atomic E-state index is 0.00629. The van der Waals surface area contributed by atoms with Gasteiger partial charge in [-0.15, -0.1) is 11.8 Å². The number of likely N-dealkylation sites (N-methyl/N-ethyl adjacent to an activating group) is 1. The predicted molar refractivity (Wildman–Crippen MR) is 236 cm³/mol. The molecule has 4 aliphatic rings. The number of nitrogens with one attached hydrogen (secondary N) is 1. The fraction of sp³-hybridized carbons (Fsp3) is 0.622. The fourth-order valence-electron chi connectivity index (χ4n) is 8.94. The van der Waals surface area contributed by atoms with E-state index in [2.05, 4.69) is 73.0 Å². The molecule has 4 heterocycles. The number of aliphatic imine (C=N–C) groups is 2. The maximum absolute atomic E-state index is 14.2. The third-order valence-electron chi connectivity index (χ3n) is 12.3. The first-order valence-corrected chi connectivity index (χ1v) is 22.2. The van der Waals surface area contributed by atoms with Gasteiger partial charge in [0.2, 0.25) is 5.91 Å². The van der Waals surface area contributed by atoms with Crippen molar-refractivity contribution in [2.45, 2.75) is 103 Å². The number of carbonyl (C=O) groups excluding carboxylic acids is 3. The lowest BCUT2D eigenvalue weighted by Gasteiger charge is -2.29. The summed E-state index contributed by atoms with van der Waals surface area (Å²) in [5.74, 6) is -0.268. The molecule has 3 N–H and O–H groups in total. The lowest BCUT2D eigenvalue weighted by atomic mass is 9.84. The Morgan fingerprint density at radius 1 is 1.15 bits per heavy atom. The molecule has 4 atom stereocenters. The van der Waals surface area contributed by atoms with Gasteiger partial charge in [0.05, 0.1) is 36.1 Å². The van der Waals surface area contributed by atoms with Crippen LogP contribution in [0.2, 0.25) is 0 Å². The van der Waals surface area contributed by atoms with Crippen LogP contribution >= 0.6 is 11.8 Å². The molecule has 3 amide bonds. The molecule has 1 saturated carbocycles. The molecule has 14 heteroatoms. The molecule has 59 heavy (non-hydrogen) atoms. The zero-order valence-electron chi connectivity index (χ0n) is 36.3. The number of amides is 3. The number of methoxy groups -OCH3 is 1. The van der Waals surface area contributed by atoms with Crippen molar-refractivity contribution in [1.82, 2.24) is 19.7 Å². The van der Waals surface area contributed by atoms with E-state index >= 15 is 0 Å². The van der Waals surface area contributed by atoms with Gasteiger partial charge in [-0.1, -0.05) is 44.9 Å². The summed E-state index contributed by atoms with van der Waals surface area (Å²) in [6.45, 7) is 10.1. The second kappa shape index (κ2) is 19.7. The molecule has 0 saturated heterocycles. The highest BCUT2D eigenvalue weighted by atomic mass is 32.2. The Kier molecular flexibility index (Phi) is 14.9. The lowest BCUT2D eigenvalue weighted by molar-refractivity contribution is -0.137. The number of ether oxygens (including phenoxy) is 3. The number of rotatable bonds is 6. The van der Waals surface area contributed by atoms with Gasteiger partial charge in [-0.3, -0.25) is 19.4 Å². The van der Waals surface area contributed by atoms with Gasteiger partial charge in [-0.2, -0.15) is 0 Å². The topological polar surface area (TPSA) is 153 Å². The normalized spacial score (nSPS) is 24.5. The quantitative estimate of drug-likeness (QED) is 0.368. The zero-order valence-corrected chi connectivity index (χ0v) is 37.2. The van der Waals surface area contributed by atoms with E-state index in [1.165, 1.54) is 17.4 Å². The molecular weight excluding hydrogens is 767 g/mol. The van der Waals surface area contributed by atoms with Crippen LogP contribution in [0.25, 0.3) is 16.5 Å². The molecule has 1 unspecified atom stereocenters. The summed E-state index contributed by atoms with van der Waals surface area (Å²) in [4.78, 5) is 53.7. The van der Waals surface area contributed by atoms with Crippen molar-refractivity contribution < 1.29 is 28.6 Å². The van der Waals surface area contributed by atoms with Crippen LogP contribution in [-0.4, -0.2) is 121 Å². The van der Waals surface area contributed by atoms with Crippen molar-refractivity contribution in [2.75, 3.05) is 60.1 Å². The predicted octanol–water partition coefficient (Wildman–Crippen LogP) is 5.80. The molecule has 6 rings (SSSR count). The van der Waals surface area contributed by atoms with Gasteiger partial charge >= 0.3 is 0 Å². The van der Waals surface area contributed by atoms with Crippen LogP contribution in [0, 0.1) is 11.3 Å². The largest absolute Gasteiger partial charge is 0.382 e. The van der Waals surface area contributed by atoms with Crippen LogP contribution in [0.4, 0.5) is 0 Å². The summed E-state index contributed by atoms with van der Waals surface area (Å²) in [6.07, 6.45) is 10.1. The number of aromatic nitrogens is 1. The number of nitrogens with two attached hydrogens (primary N) is 1. The number of hydrogen-bond acceptors (Lipinski definition) is 10. The summed E-state index contributed by atoms with van der Waals surface area (Å²) in [5.41, 5.74) is 13.1. The van der Waals surface area contributed by atoms with Gasteiger partial charge in [0, 0.05) is 88.7 Å². The number of nitrogens with zero attached hydrogens (tertiary/aromatic N) is 5. The Labute approximate surface area is 354 Å². The summed E-state index contributed by atoms with van der Waals surface area (Å²) in [5, 5.41) is 5.50. The van der Waals surface area contributed by atoms with Crippen molar-refractivity contribution in [3.8, 4) is 0 Å². The van der Waals surface area contributed by atoms with Crippen LogP contribution in [0.5, 0.6) is 0 Å². The molecule has 0 spiro atoms. The molecule has 1 aromatic carbocycles. The monoisotopic (exact) mass is 831 g/mol. The fourth-order valence-corrected chi connectivity index (χ4v) is 9.99. The molecule has 4 bridgehead atoms. The average molecular weight is 832 g/mol. The maximum atomic E-state index is 14.2. The first kappa shape index (κ1) is 44.7. The van der Waals surface area contributed by atoms with Crippen LogP contribution in [0.15, 0.2) is 46.0 Å². The summed E-state index contributed by atoms with van der Waals surface area (Å²) in [7, 11) is 7.26. The van der Waals surface area contributed by atoms with Crippen molar-refractivity contribution >= 4 is 56.7 Å². The van der Waals surface area contributed by atoms with Crippen molar-refractivity contribution in [1.29, 1.82) is 0 Å². The third-order valence-corrected chi connectivity index (χ3v) is 13.4. The van der Waals surface area contributed by atoms with E-state index in [1.807, 2.05) is 0 Å². The molecule has 1 aliphatic carbocycles. The Bertz CT molecular complexity index is 2000. The Morgan fingerprint density at radius 2 is 1.92 bits per heavy atom. The SMILES string of the molecule is CO[C@@H](C)C1=C(c2c3c4cc(ccc4n2C)C2CSC(=N2)CC(=NC(=O)[C@H](C2CCCC2)N(C)C(C)=O)C(=O)N(C)CCC[C@H](N)COCOCC(C)(C)C3)C=CCN1. The van der Waals surface area contributed by atoms with E-state index < -0.39 is 11.9 Å². The number of fused-ring (bicyclic) bond motifs is 3. The third kappa shape index (κ3) is 10.6. The van der Waals surface area contributed by atoms with Gasteiger partial charge in [-0.05, 0) is 73.6 Å². The summed E-state index contributed by atoms with van der Waals surface area (Å²) < 4.78 is 20.2. The standard InChI is InChI=1S/C45H65N7O6S/c1-28(56-8)40-33(16-11-19-47-40)42-35-23-45(3,4)26-58-27-57-24-32(46)15-12-20-50(5)44(55)36(49-43(54)41(51(6)29(2)53)30-13-9-10-14-30)22-39-48-37(25-59-39)31-17-18-38(52(42)7)34(35)21-31/h11,16-18,21,28,30,32,37,41,47H,9-10,12-15,19-20,22-27,46H2,1-8H3/t28-,32-,37?,41-/m0/s1. The molecule has 2 aromatic rings. The van der Waals surface area contributed by atoms with E-state index in [9.17, 15) is 14.4 Å². The lowest BCUT2D eigenvalue weighted by Crippen LogP contribution is -2.46. The van der Waals surface area contributed by atoms with Gasteiger partial charge in [0.15, 0.2) is 0 Å². The van der Waals surface area contributed by atoms with Gasteiger partial charge < -0.3 is 39.6 Å². The van der Waals surface area contributed by atoms with E-state index in [0.717, 1.165) is 77.1 Å². The van der Waals surface area contributed by atoms with Crippen LogP contribution in [0.3, 0.4) is 0 Å². The number of benzene rings is 1. The second-order valence-corrected chi connectivity index (χ2v) is 18.6.